The molecule has 1 saturated carbocycles. The SMILES string of the molecule is CN(C)C(=O)CN(C)C(=O)C1CCCC1N. The topological polar surface area (TPSA) is 66.6 Å². The van der Waals surface area contributed by atoms with Gasteiger partial charge in [-0.25, -0.2) is 0 Å². The van der Waals surface area contributed by atoms with Gasteiger partial charge in [0.15, 0.2) is 0 Å². The molecule has 5 heteroatoms. The monoisotopic (exact) mass is 227 g/mol. The van der Waals surface area contributed by atoms with E-state index in [1.54, 1.807) is 21.1 Å². The average molecular weight is 227 g/mol. The van der Waals surface area contributed by atoms with Crippen molar-refractivity contribution in [1.82, 2.24) is 9.80 Å². The predicted molar refractivity (Wildman–Crippen MR) is 61.6 cm³/mol. The molecule has 1 rings (SSSR count). The van der Waals surface area contributed by atoms with Gasteiger partial charge in [-0.15, -0.1) is 0 Å². The Kier molecular flexibility index (Phi) is 4.29. The number of carbonyl (C=O) groups excluding carboxylic acids is 2. The summed E-state index contributed by atoms with van der Waals surface area (Å²) in [7, 11) is 5.03. The molecule has 0 heterocycles. The number of carbonyl (C=O) groups is 2. The Hall–Kier alpha value is -1.10. The first-order valence-electron chi connectivity index (χ1n) is 5.64. The molecular weight excluding hydrogens is 206 g/mol. The minimum Gasteiger partial charge on any atom is -0.347 e. The molecule has 0 aromatic heterocycles. The highest BCUT2D eigenvalue weighted by Gasteiger charge is 2.32. The number of hydrogen-bond donors (Lipinski definition) is 1. The minimum atomic E-state index is -0.0973. The summed E-state index contributed by atoms with van der Waals surface area (Å²) < 4.78 is 0. The van der Waals surface area contributed by atoms with Crippen LogP contribution in [0.1, 0.15) is 19.3 Å². The Morgan fingerprint density at radius 2 is 1.88 bits per heavy atom. The summed E-state index contributed by atoms with van der Waals surface area (Å²) in [6.07, 6.45) is 2.76. The zero-order chi connectivity index (χ0) is 12.3. The van der Waals surface area contributed by atoms with Gasteiger partial charge in [-0.2, -0.15) is 0 Å². The van der Waals surface area contributed by atoms with E-state index in [4.69, 9.17) is 5.73 Å². The molecule has 0 spiro atoms. The van der Waals surface area contributed by atoms with Crippen LogP contribution in [0.5, 0.6) is 0 Å². The lowest BCUT2D eigenvalue weighted by Crippen LogP contribution is -2.43. The van der Waals surface area contributed by atoms with Crippen molar-refractivity contribution in [3.63, 3.8) is 0 Å². The smallest absolute Gasteiger partial charge is 0.241 e. The second-order valence-corrected chi connectivity index (χ2v) is 4.68. The normalized spacial score (nSPS) is 24.2. The molecule has 16 heavy (non-hydrogen) atoms. The van der Waals surface area contributed by atoms with Crippen molar-refractivity contribution in [1.29, 1.82) is 0 Å². The third-order valence-corrected chi connectivity index (χ3v) is 3.13. The Balaban J connectivity index is 2.50. The molecule has 1 fully saturated rings. The van der Waals surface area contributed by atoms with Gasteiger partial charge >= 0.3 is 0 Å². The van der Waals surface area contributed by atoms with Crippen LogP contribution in [-0.4, -0.2) is 55.3 Å². The first-order chi connectivity index (χ1) is 7.43. The number of nitrogens with two attached hydrogens (primary N) is 1. The van der Waals surface area contributed by atoms with Crippen LogP contribution in [-0.2, 0) is 9.59 Å². The Labute approximate surface area is 96.6 Å². The Morgan fingerprint density at radius 3 is 2.31 bits per heavy atom. The molecule has 5 nitrogen and oxygen atoms in total. The lowest BCUT2D eigenvalue weighted by atomic mass is 10.0. The third kappa shape index (κ3) is 2.95. The Bertz CT molecular complexity index is 278. The van der Waals surface area contributed by atoms with E-state index in [1.165, 1.54) is 9.80 Å². The maximum Gasteiger partial charge on any atom is 0.241 e. The predicted octanol–water partition coefficient (Wildman–Crippen LogP) is -0.340. The maximum atomic E-state index is 12.0. The van der Waals surface area contributed by atoms with Gasteiger partial charge in [-0.05, 0) is 12.8 Å². The van der Waals surface area contributed by atoms with E-state index < -0.39 is 0 Å². The van der Waals surface area contributed by atoms with E-state index in [9.17, 15) is 9.59 Å². The summed E-state index contributed by atoms with van der Waals surface area (Å²) >= 11 is 0. The summed E-state index contributed by atoms with van der Waals surface area (Å²) in [4.78, 5) is 26.4. The highest BCUT2D eigenvalue weighted by Crippen LogP contribution is 2.25. The van der Waals surface area contributed by atoms with Crippen LogP contribution >= 0.6 is 0 Å². The fourth-order valence-corrected chi connectivity index (χ4v) is 2.00. The summed E-state index contributed by atoms with van der Waals surface area (Å²) in [5, 5.41) is 0. The molecule has 2 atom stereocenters. The van der Waals surface area contributed by atoms with E-state index in [0.717, 1.165) is 19.3 Å². The zero-order valence-corrected chi connectivity index (χ0v) is 10.3. The quantitative estimate of drug-likeness (QED) is 0.717. The molecule has 0 aromatic carbocycles. The zero-order valence-electron chi connectivity index (χ0n) is 10.3. The van der Waals surface area contributed by atoms with Gasteiger partial charge in [0.05, 0.1) is 12.5 Å². The lowest BCUT2D eigenvalue weighted by Gasteiger charge is -2.24. The fraction of sp³-hybridized carbons (Fsp3) is 0.818. The minimum absolute atomic E-state index is 0.000185. The van der Waals surface area contributed by atoms with Gasteiger partial charge in [0, 0.05) is 27.2 Å². The second-order valence-electron chi connectivity index (χ2n) is 4.68. The molecule has 92 valence electrons. The molecule has 0 aliphatic heterocycles. The van der Waals surface area contributed by atoms with E-state index >= 15 is 0 Å². The van der Waals surface area contributed by atoms with Crippen LogP contribution in [0.15, 0.2) is 0 Å². The number of rotatable bonds is 3. The van der Waals surface area contributed by atoms with Gasteiger partial charge in [0.25, 0.3) is 0 Å². The molecule has 2 unspecified atom stereocenters. The summed E-state index contributed by atoms with van der Waals surface area (Å²) in [6.45, 7) is 0.134. The van der Waals surface area contributed by atoms with Crippen molar-refractivity contribution < 1.29 is 9.59 Å². The van der Waals surface area contributed by atoms with Crippen molar-refractivity contribution in [2.75, 3.05) is 27.7 Å². The Morgan fingerprint density at radius 1 is 1.25 bits per heavy atom. The van der Waals surface area contributed by atoms with Crippen LogP contribution < -0.4 is 5.73 Å². The first-order valence-corrected chi connectivity index (χ1v) is 5.64. The van der Waals surface area contributed by atoms with Crippen LogP contribution in [0.2, 0.25) is 0 Å². The van der Waals surface area contributed by atoms with Crippen molar-refractivity contribution in [3.05, 3.63) is 0 Å². The molecule has 0 radical (unpaired) electrons. The van der Waals surface area contributed by atoms with Crippen molar-refractivity contribution >= 4 is 11.8 Å². The van der Waals surface area contributed by atoms with Crippen molar-refractivity contribution in [2.45, 2.75) is 25.3 Å². The molecular formula is C11H21N3O2. The maximum absolute atomic E-state index is 12.0. The second kappa shape index (κ2) is 5.30. The average Bonchev–Trinajstić information content (AvgIpc) is 2.62. The van der Waals surface area contributed by atoms with Gasteiger partial charge in [0.1, 0.15) is 0 Å². The summed E-state index contributed by atoms with van der Waals surface area (Å²) in [5.41, 5.74) is 5.87. The number of amides is 2. The summed E-state index contributed by atoms with van der Waals surface area (Å²) in [5.74, 6) is -0.164. The van der Waals surface area contributed by atoms with E-state index in [2.05, 4.69) is 0 Å². The first kappa shape index (κ1) is 13.0. The van der Waals surface area contributed by atoms with Gasteiger partial charge < -0.3 is 15.5 Å². The largest absolute Gasteiger partial charge is 0.347 e. The van der Waals surface area contributed by atoms with Gasteiger partial charge in [-0.3, -0.25) is 9.59 Å². The van der Waals surface area contributed by atoms with E-state index in [1.807, 2.05) is 0 Å². The van der Waals surface area contributed by atoms with Crippen LogP contribution in [0.25, 0.3) is 0 Å². The van der Waals surface area contributed by atoms with Crippen LogP contribution in [0, 0.1) is 5.92 Å². The standard InChI is InChI=1S/C11H21N3O2/c1-13(2)10(15)7-14(3)11(16)8-5-4-6-9(8)12/h8-9H,4-7,12H2,1-3H3. The fourth-order valence-electron chi connectivity index (χ4n) is 2.00. The van der Waals surface area contributed by atoms with Gasteiger partial charge in [0.2, 0.25) is 11.8 Å². The molecule has 2 N–H and O–H groups in total. The molecule has 0 bridgehead atoms. The molecule has 1 aliphatic rings. The molecule has 2 amide bonds. The molecule has 0 saturated heterocycles. The number of nitrogens with zero attached hydrogens (tertiary/aromatic N) is 2. The van der Waals surface area contributed by atoms with Crippen LogP contribution in [0.4, 0.5) is 0 Å². The number of hydrogen-bond acceptors (Lipinski definition) is 3. The highest BCUT2D eigenvalue weighted by atomic mass is 16.2. The molecule has 1 aliphatic carbocycles. The van der Waals surface area contributed by atoms with Gasteiger partial charge in [-0.1, -0.05) is 6.42 Å². The van der Waals surface area contributed by atoms with Crippen molar-refractivity contribution in [2.24, 2.45) is 11.7 Å². The molecule has 0 aromatic rings. The van der Waals surface area contributed by atoms with E-state index in [0.29, 0.717) is 0 Å². The van der Waals surface area contributed by atoms with E-state index in [-0.39, 0.29) is 30.3 Å². The highest BCUT2D eigenvalue weighted by molar-refractivity contribution is 5.86. The lowest BCUT2D eigenvalue weighted by molar-refractivity contribution is -0.140. The van der Waals surface area contributed by atoms with Crippen molar-refractivity contribution in [3.8, 4) is 0 Å². The third-order valence-electron chi connectivity index (χ3n) is 3.13. The van der Waals surface area contributed by atoms with Crippen LogP contribution in [0.3, 0.4) is 0 Å². The number of likely N-dealkylation sites (N-methyl/N-ethyl adjacent to an activating group) is 2. The summed E-state index contributed by atoms with van der Waals surface area (Å²) in [6, 6.07) is -0.0376.